The fourth-order valence-corrected chi connectivity index (χ4v) is 8.74. The van der Waals surface area contributed by atoms with Crippen LogP contribution in [0.1, 0.15) is 26.2 Å². The molecule has 5 heteroatoms. The van der Waals surface area contributed by atoms with Gasteiger partial charge in [0.05, 0.1) is 0 Å². The van der Waals surface area contributed by atoms with Crippen LogP contribution in [0.5, 0.6) is 0 Å². The first-order valence-electron chi connectivity index (χ1n) is 5.87. The summed E-state index contributed by atoms with van der Waals surface area (Å²) in [5.74, 6) is 0. The first-order chi connectivity index (χ1) is 6.56. The van der Waals surface area contributed by atoms with Crippen LogP contribution in [0.4, 0.5) is 0 Å². The molecular weight excluding hydrogens is 224 g/mol. The Bertz CT molecular complexity index is 121. The van der Waals surface area contributed by atoms with Crippen molar-refractivity contribution in [3.8, 4) is 0 Å². The van der Waals surface area contributed by atoms with Gasteiger partial charge in [0.15, 0.2) is 18.1 Å². The molecule has 0 aliphatic carbocycles. The van der Waals surface area contributed by atoms with Crippen LogP contribution in [0.3, 0.4) is 0 Å². The van der Waals surface area contributed by atoms with Crippen molar-refractivity contribution < 1.29 is 8.23 Å². The fourth-order valence-electron chi connectivity index (χ4n) is 1.34. The Morgan fingerprint density at radius 3 is 1.71 bits per heavy atom. The molecule has 86 valence electrons. The molecule has 0 radical (unpaired) electrons. The summed E-state index contributed by atoms with van der Waals surface area (Å²) in [7, 11) is -3.02. The summed E-state index contributed by atoms with van der Waals surface area (Å²) in [5, 5.41) is 0. The number of hydrogen-bond donors (Lipinski definition) is 0. The lowest BCUT2D eigenvalue weighted by atomic mass is 10.3. The van der Waals surface area contributed by atoms with Gasteiger partial charge in [0.1, 0.15) is 0 Å². The molecule has 0 saturated carbocycles. The van der Waals surface area contributed by atoms with Gasteiger partial charge in [-0.2, -0.15) is 0 Å². The molecule has 0 bridgehead atoms. The molecule has 0 amide bonds. The van der Waals surface area contributed by atoms with E-state index in [0.717, 1.165) is 0 Å². The molecule has 0 aromatic carbocycles. The highest BCUT2D eigenvalue weighted by atomic mass is 28.4. The Balaban J connectivity index is 3.72. The predicted octanol–water partition coefficient (Wildman–Crippen LogP) is 2.40. The normalized spacial score (nSPS) is 12.0. The van der Waals surface area contributed by atoms with E-state index in [1.807, 2.05) is 0 Å². The first-order valence-corrected chi connectivity index (χ1v) is 13.2. The lowest BCUT2D eigenvalue weighted by Crippen LogP contribution is -2.32. The standard InChI is InChI=1S/C9H26O2Si3/c1-6-7-8-9-14(10-12(2)3)11-13(4)5/h12-14H,6-9H2,1-5H3. The van der Waals surface area contributed by atoms with E-state index < -0.39 is 27.4 Å². The number of unbranched alkanes of at least 4 members (excludes halogenated alkanes) is 2. The summed E-state index contributed by atoms with van der Waals surface area (Å²) < 4.78 is 12.0. The minimum absolute atomic E-state index is 0.880. The van der Waals surface area contributed by atoms with Gasteiger partial charge in [0.2, 0.25) is 0 Å². The second-order valence-corrected chi connectivity index (χ2v) is 12.1. The van der Waals surface area contributed by atoms with E-state index >= 15 is 0 Å². The summed E-state index contributed by atoms with van der Waals surface area (Å²) in [6.07, 6.45) is 3.92. The highest BCUT2D eigenvalue weighted by molar-refractivity contribution is 6.67. The smallest absolute Gasteiger partial charge is 0.300 e. The summed E-state index contributed by atoms with van der Waals surface area (Å²) >= 11 is 0. The molecule has 0 N–H and O–H groups in total. The van der Waals surface area contributed by atoms with Crippen molar-refractivity contribution in [2.75, 3.05) is 0 Å². The molecule has 0 unspecified atom stereocenters. The molecule has 0 aliphatic rings. The minimum Gasteiger partial charge on any atom is -0.441 e. The lowest BCUT2D eigenvalue weighted by Gasteiger charge is -2.21. The fraction of sp³-hybridized carbons (Fsp3) is 1.00. The van der Waals surface area contributed by atoms with Crippen molar-refractivity contribution in [1.82, 2.24) is 0 Å². The average molecular weight is 251 g/mol. The molecule has 0 rings (SSSR count). The van der Waals surface area contributed by atoms with Gasteiger partial charge in [-0.25, -0.2) is 0 Å². The van der Waals surface area contributed by atoms with Crippen molar-refractivity contribution in [3.63, 3.8) is 0 Å². The van der Waals surface area contributed by atoms with E-state index in [4.69, 9.17) is 8.23 Å². The van der Waals surface area contributed by atoms with Crippen LogP contribution < -0.4 is 0 Å². The van der Waals surface area contributed by atoms with Gasteiger partial charge in [-0.05, 0) is 32.2 Å². The maximum Gasteiger partial charge on any atom is 0.300 e. The maximum absolute atomic E-state index is 6.00. The molecule has 0 heterocycles. The van der Waals surface area contributed by atoms with Gasteiger partial charge in [-0.15, -0.1) is 0 Å². The zero-order valence-corrected chi connectivity index (χ0v) is 13.8. The van der Waals surface area contributed by atoms with Crippen LogP contribution in [-0.2, 0) is 8.23 Å². The quantitative estimate of drug-likeness (QED) is 0.486. The SMILES string of the molecule is CCCCC[SiH](O[SiH](C)C)O[SiH](C)C. The Kier molecular flexibility index (Phi) is 9.21. The van der Waals surface area contributed by atoms with Crippen molar-refractivity contribution in [3.05, 3.63) is 0 Å². The molecule has 0 fully saturated rings. The predicted molar refractivity (Wildman–Crippen MR) is 71.4 cm³/mol. The van der Waals surface area contributed by atoms with Crippen molar-refractivity contribution in [1.29, 1.82) is 0 Å². The van der Waals surface area contributed by atoms with Crippen LogP contribution in [-0.4, -0.2) is 27.4 Å². The van der Waals surface area contributed by atoms with Gasteiger partial charge in [0.25, 0.3) is 9.28 Å². The summed E-state index contributed by atoms with van der Waals surface area (Å²) in [5.41, 5.74) is 0. The average Bonchev–Trinajstić information content (AvgIpc) is 2.02. The molecule has 2 nitrogen and oxygen atoms in total. The van der Waals surface area contributed by atoms with Crippen LogP contribution in [0.2, 0.25) is 32.2 Å². The number of hydrogen-bond acceptors (Lipinski definition) is 2. The van der Waals surface area contributed by atoms with Gasteiger partial charge >= 0.3 is 0 Å². The third-order valence-electron chi connectivity index (χ3n) is 1.89. The summed E-state index contributed by atoms with van der Waals surface area (Å²) in [6, 6.07) is 1.23. The van der Waals surface area contributed by atoms with Crippen LogP contribution in [0.25, 0.3) is 0 Å². The van der Waals surface area contributed by atoms with Crippen molar-refractivity contribution in [2.24, 2.45) is 0 Å². The van der Waals surface area contributed by atoms with E-state index in [1.54, 1.807) is 0 Å². The minimum atomic E-state index is -1.26. The van der Waals surface area contributed by atoms with Crippen LogP contribution in [0.15, 0.2) is 0 Å². The van der Waals surface area contributed by atoms with Crippen molar-refractivity contribution >= 4 is 27.4 Å². The lowest BCUT2D eigenvalue weighted by molar-refractivity contribution is 0.433. The maximum atomic E-state index is 6.00. The monoisotopic (exact) mass is 250 g/mol. The van der Waals surface area contributed by atoms with Crippen molar-refractivity contribution in [2.45, 2.75) is 58.4 Å². The number of rotatable bonds is 8. The van der Waals surface area contributed by atoms with Gasteiger partial charge in [-0.3, -0.25) is 0 Å². The second-order valence-electron chi connectivity index (χ2n) is 4.30. The zero-order chi connectivity index (χ0) is 11.0. The Labute approximate surface area is 94.3 Å². The molecule has 0 spiro atoms. The zero-order valence-electron chi connectivity index (χ0n) is 10.4. The third kappa shape index (κ3) is 9.14. The van der Waals surface area contributed by atoms with E-state index in [9.17, 15) is 0 Å². The first kappa shape index (κ1) is 14.6. The molecule has 0 aromatic heterocycles. The molecule has 0 saturated heterocycles. The van der Waals surface area contributed by atoms with Gasteiger partial charge in [-0.1, -0.05) is 26.2 Å². The molecule has 0 aliphatic heterocycles. The Hall–Kier alpha value is 0.571. The van der Waals surface area contributed by atoms with Gasteiger partial charge < -0.3 is 8.23 Å². The van der Waals surface area contributed by atoms with Crippen LogP contribution in [0, 0.1) is 0 Å². The molecule has 14 heavy (non-hydrogen) atoms. The summed E-state index contributed by atoms with van der Waals surface area (Å²) in [4.78, 5) is 0. The highest BCUT2D eigenvalue weighted by Gasteiger charge is 2.16. The Morgan fingerprint density at radius 2 is 1.36 bits per heavy atom. The van der Waals surface area contributed by atoms with Crippen LogP contribution >= 0.6 is 0 Å². The van der Waals surface area contributed by atoms with E-state index in [1.165, 1.54) is 25.3 Å². The second kappa shape index (κ2) is 8.85. The van der Waals surface area contributed by atoms with E-state index in [-0.39, 0.29) is 0 Å². The van der Waals surface area contributed by atoms with Gasteiger partial charge in [0, 0.05) is 0 Å². The molecular formula is C9H26O2Si3. The molecule has 0 atom stereocenters. The molecule has 0 aromatic rings. The topological polar surface area (TPSA) is 18.5 Å². The largest absolute Gasteiger partial charge is 0.441 e. The third-order valence-corrected chi connectivity index (χ3v) is 9.55. The highest BCUT2D eigenvalue weighted by Crippen LogP contribution is 2.08. The Morgan fingerprint density at radius 1 is 0.857 bits per heavy atom. The van der Waals surface area contributed by atoms with E-state index in [0.29, 0.717) is 0 Å². The van der Waals surface area contributed by atoms with E-state index in [2.05, 4.69) is 33.1 Å². The summed E-state index contributed by atoms with van der Waals surface area (Å²) in [6.45, 7) is 11.2.